The fourth-order valence-corrected chi connectivity index (χ4v) is 1.22. The molecule has 2 rings (SSSR count). The summed E-state index contributed by atoms with van der Waals surface area (Å²) in [6, 6.07) is 3.15. The summed E-state index contributed by atoms with van der Waals surface area (Å²) in [7, 11) is 0. The number of carbonyl (C=O) groups excluding carboxylic acids is 1. The highest BCUT2D eigenvalue weighted by Crippen LogP contribution is 2.08. The van der Waals surface area contributed by atoms with Crippen LogP contribution in [0.4, 0.5) is 0 Å². The van der Waals surface area contributed by atoms with Gasteiger partial charge in [-0.2, -0.15) is 5.10 Å². The van der Waals surface area contributed by atoms with E-state index in [2.05, 4.69) is 10.1 Å². The first-order valence-corrected chi connectivity index (χ1v) is 4.40. The van der Waals surface area contributed by atoms with E-state index in [1.54, 1.807) is 6.07 Å². The number of hydrogen-bond donors (Lipinski definition) is 1. The summed E-state index contributed by atoms with van der Waals surface area (Å²) in [5, 5.41) is 12.6. The Bertz CT molecular complexity index is 548. The summed E-state index contributed by atoms with van der Waals surface area (Å²) < 4.78 is 1.37. The Kier molecular flexibility index (Phi) is 2.47. The van der Waals surface area contributed by atoms with Gasteiger partial charge in [-0.05, 0) is 12.1 Å². The fraction of sp³-hybridized carbons (Fsp3) is 0. The molecule has 0 aliphatic carbocycles. The summed E-state index contributed by atoms with van der Waals surface area (Å²) >= 11 is 0. The second-order valence-corrected chi connectivity index (χ2v) is 3.04. The molecule has 0 aromatic carbocycles. The Hall–Kier alpha value is -2.50. The topological polar surface area (TPSA) is 85.1 Å². The van der Waals surface area contributed by atoms with Crippen molar-refractivity contribution >= 4 is 12.3 Å². The lowest BCUT2D eigenvalue weighted by Gasteiger charge is -2.00. The Morgan fingerprint density at radius 1 is 1.50 bits per heavy atom. The molecule has 0 radical (unpaired) electrons. The van der Waals surface area contributed by atoms with Gasteiger partial charge in [-0.3, -0.25) is 9.78 Å². The Morgan fingerprint density at radius 2 is 2.31 bits per heavy atom. The molecule has 0 atom stereocenters. The third kappa shape index (κ3) is 1.81. The lowest BCUT2D eigenvalue weighted by molar-refractivity contribution is 0.0696. The average Bonchev–Trinajstić information content (AvgIpc) is 2.78. The van der Waals surface area contributed by atoms with Crippen LogP contribution in [0.1, 0.15) is 20.8 Å². The van der Waals surface area contributed by atoms with Crippen molar-refractivity contribution in [2.45, 2.75) is 0 Å². The predicted octanol–water partition coefficient (Wildman–Crippen LogP) is 0.778. The van der Waals surface area contributed by atoms with Crippen molar-refractivity contribution in [1.29, 1.82) is 0 Å². The van der Waals surface area contributed by atoms with Crippen LogP contribution in [0.5, 0.6) is 0 Å². The van der Waals surface area contributed by atoms with Crippen LogP contribution in [0.25, 0.3) is 5.69 Å². The van der Waals surface area contributed by atoms with Gasteiger partial charge in [0.1, 0.15) is 5.69 Å². The monoisotopic (exact) mass is 217 g/mol. The lowest BCUT2D eigenvalue weighted by atomic mass is 10.3. The molecule has 0 saturated carbocycles. The number of carbonyl (C=O) groups is 2. The van der Waals surface area contributed by atoms with Crippen molar-refractivity contribution in [3.05, 3.63) is 42.0 Å². The van der Waals surface area contributed by atoms with Crippen molar-refractivity contribution in [2.75, 3.05) is 0 Å². The van der Waals surface area contributed by atoms with Crippen molar-refractivity contribution in [3.8, 4) is 5.69 Å². The Labute approximate surface area is 90.2 Å². The molecule has 0 aliphatic heterocycles. The van der Waals surface area contributed by atoms with Gasteiger partial charge in [-0.1, -0.05) is 0 Å². The van der Waals surface area contributed by atoms with Gasteiger partial charge in [0.15, 0.2) is 6.29 Å². The largest absolute Gasteiger partial charge is 0.478 e. The number of aromatic carboxylic acids is 1. The molecule has 0 spiro atoms. The van der Waals surface area contributed by atoms with E-state index in [1.807, 2.05) is 0 Å². The maximum Gasteiger partial charge on any atom is 0.338 e. The maximum atomic E-state index is 10.6. The zero-order valence-electron chi connectivity index (χ0n) is 8.07. The highest BCUT2D eigenvalue weighted by atomic mass is 16.4. The molecule has 0 fully saturated rings. The lowest BCUT2D eigenvalue weighted by Crippen LogP contribution is -1.97. The van der Waals surface area contributed by atoms with Gasteiger partial charge in [-0.15, -0.1) is 0 Å². The Balaban J connectivity index is 2.42. The molecule has 0 bridgehead atoms. The van der Waals surface area contributed by atoms with Crippen LogP contribution in [-0.4, -0.2) is 32.1 Å². The number of hydrogen-bond acceptors (Lipinski definition) is 4. The smallest absolute Gasteiger partial charge is 0.338 e. The van der Waals surface area contributed by atoms with Gasteiger partial charge in [0.05, 0.1) is 17.4 Å². The standard InChI is InChI=1S/C10H7N3O3/c14-6-8-3-9(1-2-11-8)13-5-7(4-12-13)10(15)16/h1-6H,(H,15,16). The number of pyridine rings is 1. The zero-order valence-corrected chi connectivity index (χ0v) is 8.07. The third-order valence-electron chi connectivity index (χ3n) is 1.98. The van der Waals surface area contributed by atoms with E-state index >= 15 is 0 Å². The van der Waals surface area contributed by atoms with Crippen LogP contribution < -0.4 is 0 Å². The van der Waals surface area contributed by atoms with Crippen LogP contribution in [0.15, 0.2) is 30.7 Å². The van der Waals surface area contributed by atoms with E-state index in [-0.39, 0.29) is 11.3 Å². The van der Waals surface area contributed by atoms with Crippen LogP contribution in [-0.2, 0) is 0 Å². The van der Waals surface area contributed by atoms with Gasteiger partial charge in [0.25, 0.3) is 0 Å². The molecule has 0 amide bonds. The zero-order chi connectivity index (χ0) is 11.5. The summed E-state index contributed by atoms with van der Waals surface area (Å²) in [5.41, 5.74) is 0.943. The normalized spacial score (nSPS) is 10.0. The molecule has 6 nitrogen and oxygen atoms in total. The number of rotatable bonds is 3. The highest BCUT2D eigenvalue weighted by Gasteiger charge is 2.07. The van der Waals surface area contributed by atoms with Gasteiger partial charge in [0.2, 0.25) is 0 Å². The molecule has 80 valence electrons. The van der Waals surface area contributed by atoms with Gasteiger partial charge in [0, 0.05) is 12.4 Å². The van der Waals surface area contributed by atoms with Crippen molar-refractivity contribution in [3.63, 3.8) is 0 Å². The van der Waals surface area contributed by atoms with E-state index in [1.165, 1.54) is 29.3 Å². The summed E-state index contributed by atoms with van der Waals surface area (Å²) in [5.74, 6) is -1.05. The van der Waals surface area contributed by atoms with Gasteiger partial charge < -0.3 is 5.11 Å². The van der Waals surface area contributed by atoms with Crippen molar-refractivity contribution < 1.29 is 14.7 Å². The Morgan fingerprint density at radius 3 is 2.94 bits per heavy atom. The maximum absolute atomic E-state index is 10.6. The predicted molar refractivity (Wildman–Crippen MR) is 53.7 cm³/mol. The van der Waals surface area contributed by atoms with Crippen LogP contribution in [0, 0.1) is 0 Å². The van der Waals surface area contributed by atoms with Gasteiger partial charge >= 0.3 is 5.97 Å². The minimum absolute atomic E-state index is 0.0875. The average molecular weight is 217 g/mol. The molecule has 2 aromatic heterocycles. The number of carboxylic acid groups (broad SMARTS) is 1. The van der Waals surface area contributed by atoms with E-state index < -0.39 is 5.97 Å². The quantitative estimate of drug-likeness (QED) is 0.768. The van der Waals surface area contributed by atoms with E-state index in [0.29, 0.717) is 12.0 Å². The molecule has 2 heterocycles. The molecule has 0 saturated heterocycles. The molecule has 0 unspecified atom stereocenters. The third-order valence-corrected chi connectivity index (χ3v) is 1.98. The SMILES string of the molecule is O=Cc1cc(-n2cc(C(=O)O)cn2)ccn1. The number of nitrogens with zero attached hydrogens (tertiary/aromatic N) is 3. The molecule has 6 heteroatoms. The van der Waals surface area contributed by atoms with Crippen LogP contribution in [0.2, 0.25) is 0 Å². The van der Waals surface area contributed by atoms with Crippen molar-refractivity contribution in [1.82, 2.24) is 14.8 Å². The minimum Gasteiger partial charge on any atom is -0.478 e. The van der Waals surface area contributed by atoms with E-state index in [0.717, 1.165) is 0 Å². The molecule has 2 aromatic rings. The van der Waals surface area contributed by atoms with Crippen LogP contribution >= 0.6 is 0 Å². The summed E-state index contributed by atoms with van der Waals surface area (Å²) in [4.78, 5) is 25.0. The van der Waals surface area contributed by atoms with Gasteiger partial charge in [-0.25, -0.2) is 9.48 Å². The fourth-order valence-electron chi connectivity index (χ4n) is 1.22. The van der Waals surface area contributed by atoms with Crippen LogP contribution in [0.3, 0.4) is 0 Å². The molecule has 16 heavy (non-hydrogen) atoms. The second kappa shape index (κ2) is 3.93. The summed E-state index contributed by atoms with van der Waals surface area (Å²) in [6.07, 6.45) is 4.68. The van der Waals surface area contributed by atoms with E-state index in [4.69, 9.17) is 5.11 Å². The summed E-state index contributed by atoms with van der Waals surface area (Å²) in [6.45, 7) is 0. The number of carboxylic acids is 1. The van der Waals surface area contributed by atoms with E-state index in [9.17, 15) is 9.59 Å². The first-order valence-electron chi connectivity index (χ1n) is 4.40. The molecule has 1 N–H and O–H groups in total. The number of aromatic nitrogens is 3. The molecular weight excluding hydrogens is 210 g/mol. The first kappa shape index (κ1) is 10.0. The molecule has 0 aliphatic rings. The second-order valence-electron chi connectivity index (χ2n) is 3.04. The highest BCUT2D eigenvalue weighted by molar-refractivity contribution is 5.87. The number of aldehydes is 1. The van der Waals surface area contributed by atoms with Crippen molar-refractivity contribution in [2.24, 2.45) is 0 Å². The first-order chi connectivity index (χ1) is 7.70. The molecular formula is C10H7N3O3. The minimum atomic E-state index is -1.05.